The van der Waals surface area contributed by atoms with E-state index in [1.165, 1.54) is 11.1 Å². The van der Waals surface area contributed by atoms with Crippen LogP contribution < -0.4 is 10.6 Å². The Labute approximate surface area is 123 Å². The second-order valence-electron chi connectivity index (χ2n) is 4.93. The fourth-order valence-electron chi connectivity index (χ4n) is 2.16. The van der Waals surface area contributed by atoms with Gasteiger partial charge in [-0.3, -0.25) is 4.21 Å². The smallest absolute Gasteiger partial charge is 0.319 e. The zero-order valence-electron chi connectivity index (χ0n) is 12.7. The lowest BCUT2D eigenvalue weighted by molar-refractivity contribution is 0.250. The van der Waals surface area contributed by atoms with Crippen molar-refractivity contribution in [1.82, 2.24) is 5.32 Å². The van der Waals surface area contributed by atoms with E-state index in [1.807, 2.05) is 19.1 Å². The highest BCUT2D eigenvalue weighted by Crippen LogP contribution is 2.17. The Morgan fingerprint density at radius 2 is 1.90 bits per heavy atom. The van der Waals surface area contributed by atoms with Crippen molar-refractivity contribution in [2.45, 2.75) is 39.7 Å². The van der Waals surface area contributed by atoms with Crippen LogP contribution in [0.3, 0.4) is 0 Å². The van der Waals surface area contributed by atoms with Crippen LogP contribution in [0.25, 0.3) is 0 Å². The van der Waals surface area contributed by atoms with E-state index >= 15 is 0 Å². The first-order valence-electron chi connectivity index (χ1n) is 6.95. The fraction of sp³-hybridized carbons (Fsp3) is 0.533. The third-order valence-corrected chi connectivity index (χ3v) is 4.06. The van der Waals surface area contributed by atoms with E-state index in [0.717, 1.165) is 18.5 Å². The van der Waals surface area contributed by atoms with E-state index in [1.54, 1.807) is 6.26 Å². The molecule has 0 aliphatic heterocycles. The number of hydrogen-bond donors (Lipinski definition) is 2. The van der Waals surface area contributed by atoms with E-state index in [9.17, 15) is 9.00 Å². The van der Waals surface area contributed by atoms with Gasteiger partial charge < -0.3 is 10.6 Å². The third kappa shape index (κ3) is 5.33. The maximum atomic E-state index is 11.8. The molecule has 5 heteroatoms. The van der Waals surface area contributed by atoms with Gasteiger partial charge in [0.25, 0.3) is 0 Å². The molecule has 0 aliphatic rings. The molecule has 0 aliphatic carbocycles. The van der Waals surface area contributed by atoms with Gasteiger partial charge in [0.05, 0.1) is 0 Å². The van der Waals surface area contributed by atoms with Crippen molar-refractivity contribution in [3.8, 4) is 0 Å². The van der Waals surface area contributed by atoms with Crippen molar-refractivity contribution < 1.29 is 9.00 Å². The zero-order chi connectivity index (χ0) is 15.1. The molecule has 0 aromatic heterocycles. The molecule has 0 spiro atoms. The van der Waals surface area contributed by atoms with Gasteiger partial charge in [0.15, 0.2) is 0 Å². The molecule has 4 nitrogen and oxygen atoms in total. The van der Waals surface area contributed by atoms with Crippen molar-refractivity contribution >= 4 is 22.5 Å². The number of urea groups is 1. The van der Waals surface area contributed by atoms with Gasteiger partial charge in [0.2, 0.25) is 0 Å². The van der Waals surface area contributed by atoms with Gasteiger partial charge >= 0.3 is 6.03 Å². The number of benzene rings is 1. The molecule has 0 bridgehead atoms. The Hall–Kier alpha value is -1.36. The molecular formula is C15H24N2O2S. The van der Waals surface area contributed by atoms with E-state index in [0.29, 0.717) is 5.75 Å². The molecular weight excluding hydrogens is 272 g/mol. The van der Waals surface area contributed by atoms with Gasteiger partial charge in [0, 0.05) is 34.5 Å². The number of amides is 2. The van der Waals surface area contributed by atoms with E-state index < -0.39 is 10.8 Å². The minimum atomic E-state index is -0.911. The summed E-state index contributed by atoms with van der Waals surface area (Å²) in [6.45, 7) is 6.08. The SMILES string of the molecule is CCc1ccc(NC(=O)N[C@@H](C)C[S@](C)=O)cc1CC. The van der Waals surface area contributed by atoms with Gasteiger partial charge in [-0.25, -0.2) is 4.79 Å². The molecule has 112 valence electrons. The van der Waals surface area contributed by atoms with Crippen molar-refractivity contribution in [1.29, 1.82) is 0 Å². The summed E-state index contributed by atoms with van der Waals surface area (Å²) < 4.78 is 11.1. The summed E-state index contributed by atoms with van der Waals surface area (Å²) >= 11 is 0. The van der Waals surface area contributed by atoms with Crippen LogP contribution in [0.15, 0.2) is 18.2 Å². The Bertz CT molecular complexity index is 489. The van der Waals surface area contributed by atoms with E-state index in [2.05, 4.69) is 30.5 Å². The summed E-state index contributed by atoms with van der Waals surface area (Å²) in [5.41, 5.74) is 3.36. The maximum absolute atomic E-state index is 11.8. The third-order valence-electron chi connectivity index (χ3n) is 3.09. The van der Waals surface area contributed by atoms with Crippen LogP contribution in [0.1, 0.15) is 31.9 Å². The van der Waals surface area contributed by atoms with Crippen LogP contribution >= 0.6 is 0 Å². The van der Waals surface area contributed by atoms with Gasteiger partial charge in [0.1, 0.15) is 0 Å². The number of aryl methyl sites for hydroxylation is 2. The largest absolute Gasteiger partial charge is 0.334 e. The van der Waals surface area contributed by atoms with Crippen LogP contribution in [0, 0.1) is 0 Å². The highest BCUT2D eigenvalue weighted by Gasteiger charge is 2.09. The quantitative estimate of drug-likeness (QED) is 0.848. The molecule has 1 aromatic rings. The molecule has 2 N–H and O–H groups in total. The first-order chi connectivity index (χ1) is 9.46. The van der Waals surface area contributed by atoms with Crippen LogP contribution in [-0.4, -0.2) is 28.3 Å². The molecule has 2 atom stereocenters. The maximum Gasteiger partial charge on any atom is 0.319 e. The average Bonchev–Trinajstić information content (AvgIpc) is 2.37. The summed E-state index contributed by atoms with van der Waals surface area (Å²) in [6, 6.07) is 5.62. The highest BCUT2D eigenvalue weighted by molar-refractivity contribution is 7.84. The van der Waals surface area contributed by atoms with E-state index in [-0.39, 0.29) is 12.1 Å². The average molecular weight is 296 g/mol. The predicted molar refractivity (Wildman–Crippen MR) is 85.7 cm³/mol. The Kier molecular flexibility index (Phi) is 6.71. The molecule has 0 heterocycles. The van der Waals surface area contributed by atoms with Crippen molar-refractivity contribution in [2.24, 2.45) is 0 Å². The fourth-order valence-corrected chi connectivity index (χ4v) is 2.95. The monoisotopic (exact) mass is 296 g/mol. The minimum absolute atomic E-state index is 0.110. The molecule has 2 amide bonds. The minimum Gasteiger partial charge on any atom is -0.334 e. The summed E-state index contributed by atoms with van der Waals surface area (Å²) in [5.74, 6) is 0.461. The van der Waals surface area contributed by atoms with Crippen molar-refractivity contribution in [3.63, 3.8) is 0 Å². The second-order valence-corrected chi connectivity index (χ2v) is 6.41. The van der Waals surface area contributed by atoms with Crippen molar-refractivity contribution in [2.75, 3.05) is 17.3 Å². The molecule has 1 aromatic carbocycles. The molecule has 0 radical (unpaired) electrons. The molecule has 20 heavy (non-hydrogen) atoms. The van der Waals surface area contributed by atoms with Crippen LogP contribution in [-0.2, 0) is 23.6 Å². The molecule has 0 fully saturated rings. The highest BCUT2D eigenvalue weighted by atomic mass is 32.2. The molecule has 0 saturated heterocycles. The number of hydrogen-bond acceptors (Lipinski definition) is 2. The first-order valence-corrected chi connectivity index (χ1v) is 8.68. The second kappa shape index (κ2) is 8.04. The lowest BCUT2D eigenvalue weighted by Crippen LogP contribution is -2.39. The Morgan fingerprint density at radius 1 is 1.25 bits per heavy atom. The molecule has 1 rings (SSSR count). The van der Waals surface area contributed by atoms with Gasteiger partial charge in [-0.05, 0) is 43.0 Å². The summed E-state index contributed by atoms with van der Waals surface area (Å²) in [5, 5.41) is 5.61. The lowest BCUT2D eigenvalue weighted by atomic mass is 10.0. The van der Waals surface area contributed by atoms with Crippen molar-refractivity contribution in [3.05, 3.63) is 29.3 Å². The standard InChI is InChI=1S/C15H24N2O2S/c1-5-12-7-8-14(9-13(12)6-2)17-15(18)16-11(3)10-20(4)19/h7-9,11H,5-6,10H2,1-4H3,(H2,16,17,18)/t11-,20-/m0/s1. The topological polar surface area (TPSA) is 58.2 Å². The Morgan fingerprint density at radius 3 is 2.45 bits per heavy atom. The predicted octanol–water partition coefficient (Wildman–Crippen LogP) is 2.70. The van der Waals surface area contributed by atoms with Gasteiger partial charge in [-0.15, -0.1) is 0 Å². The summed E-state index contributed by atoms with van der Waals surface area (Å²) in [6.07, 6.45) is 3.58. The first kappa shape index (κ1) is 16.7. The van der Waals surface area contributed by atoms with Gasteiger partial charge in [-0.2, -0.15) is 0 Å². The van der Waals surface area contributed by atoms with Crippen LogP contribution in [0.2, 0.25) is 0 Å². The lowest BCUT2D eigenvalue weighted by Gasteiger charge is -2.14. The van der Waals surface area contributed by atoms with Crippen LogP contribution in [0.4, 0.5) is 10.5 Å². The van der Waals surface area contributed by atoms with E-state index in [4.69, 9.17) is 0 Å². The Balaban J connectivity index is 2.64. The normalized spacial score (nSPS) is 13.6. The number of nitrogens with one attached hydrogen (secondary N) is 2. The number of carbonyl (C=O) groups excluding carboxylic acids is 1. The van der Waals surface area contributed by atoms with Crippen LogP contribution in [0.5, 0.6) is 0 Å². The zero-order valence-corrected chi connectivity index (χ0v) is 13.5. The van der Waals surface area contributed by atoms with Gasteiger partial charge in [-0.1, -0.05) is 19.9 Å². The summed E-state index contributed by atoms with van der Waals surface area (Å²) in [4.78, 5) is 11.8. The number of anilines is 1. The summed E-state index contributed by atoms with van der Waals surface area (Å²) in [7, 11) is -0.911. The molecule has 0 saturated carbocycles. The number of carbonyl (C=O) groups is 1. The molecule has 0 unspecified atom stereocenters. The number of rotatable bonds is 6.